The minimum atomic E-state index is -3.15. The van der Waals surface area contributed by atoms with Crippen molar-refractivity contribution < 1.29 is 13.2 Å². The molecule has 1 aromatic carbocycles. The minimum absolute atomic E-state index is 0.0528. The van der Waals surface area contributed by atoms with Gasteiger partial charge in [-0.2, -0.15) is 5.26 Å². The van der Waals surface area contributed by atoms with E-state index in [1.165, 1.54) is 6.92 Å². The first kappa shape index (κ1) is 18.4. The van der Waals surface area contributed by atoms with Crippen LogP contribution in [0.1, 0.15) is 49.0 Å². The van der Waals surface area contributed by atoms with Gasteiger partial charge in [0.1, 0.15) is 6.07 Å². The van der Waals surface area contributed by atoms with Crippen LogP contribution in [0.3, 0.4) is 0 Å². The van der Waals surface area contributed by atoms with Gasteiger partial charge in [-0.05, 0) is 44.4 Å². The van der Waals surface area contributed by atoms with E-state index in [4.69, 9.17) is 0 Å². The van der Waals surface area contributed by atoms with Crippen LogP contribution in [0.2, 0.25) is 0 Å². The Balaban J connectivity index is 2.05. The summed E-state index contributed by atoms with van der Waals surface area (Å²) in [5.74, 6) is 0.132. The van der Waals surface area contributed by atoms with Crippen molar-refractivity contribution in [1.29, 1.82) is 5.26 Å². The highest BCUT2D eigenvalue weighted by atomic mass is 32.2. The van der Waals surface area contributed by atoms with Crippen molar-refractivity contribution in [2.75, 3.05) is 24.2 Å². The van der Waals surface area contributed by atoms with Crippen LogP contribution in [0.5, 0.6) is 0 Å². The molecule has 1 aliphatic heterocycles. The molecule has 0 aromatic heterocycles. The lowest BCUT2D eigenvalue weighted by molar-refractivity contribution is 0.101. The van der Waals surface area contributed by atoms with Gasteiger partial charge in [0, 0.05) is 24.7 Å². The third-order valence-corrected chi connectivity index (χ3v) is 6.29. The van der Waals surface area contributed by atoms with E-state index in [2.05, 4.69) is 11.4 Å². The maximum atomic E-state index is 12.1. The summed E-state index contributed by atoms with van der Waals surface area (Å²) >= 11 is 0. The molecule has 1 N–H and O–H groups in total. The minimum Gasteiger partial charge on any atom is -0.381 e. The van der Waals surface area contributed by atoms with Crippen molar-refractivity contribution in [3.05, 3.63) is 29.3 Å². The number of rotatable bonds is 6. The summed E-state index contributed by atoms with van der Waals surface area (Å²) < 4.78 is 25.7. The molecule has 7 heteroatoms. The van der Waals surface area contributed by atoms with E-state index in [9.17, 15) is 18.5 Å². The van der Waals surface area contributed by atoms with Gasteiger partial charge in [-0.3, -0.25) is 4.79 Å². The van der Waals surface area contributed by atoms with E-state index in [1.807, 2.05) is 6.92 Å². The van der Waals surface area contributed by atoms with E-state index in [0.29, 0.717) is 49.2 Å². The Kier molecular flexibility index (Phi) is 5.97. The molecule has 0 spiro atoms. The van der Waals surface area contributed by atoms with Gasteiger partial charge in [-0.25, -0.2) is 12.7 Å². The van der Waals surface area contributed by atoms with Crippen molar-refractivity contribution >= 4 is 21.5 Å². The van der Waals surface area contributed by atoms with Crippen molar-refractivity contribution in [1.82, 2.24) is 4.31 Å². The van der Waals surface area contributed by atoms with Gasteiger partial charge >= 0.3 is 0 Å². The van der Waals surface area contributed by atoms with Gasteiger partial charge in [0.25, 0.3) is 0 Å². The average Bonchev–Trinajstić information content (AvgIpc) is 2.55. The zero-order valence-corrected chi connectivity index (χ0v) is 14.9. The van der Waals surface area contributed by atoms with E-state index in [-0.39, 0.29) is 17.6 Å². The maximum Gasteiger partial charge on any atom is 0.214 e. The van der Waals surface area contributed by atoms with E-state index >= 15 is 0 Å². The largest absolute Gasteiger partial charge is 0.381 e. The highest BCUT2D eigenvalue weighted by molar-refractivity contribution is 7.89. The molecule has 6 nitrogen and oxygen atoms in total. The zero-order chi connectivity index (χ0) is 17.7. The van der Waals surface area contributed by atoms with Crippen LogP contribution in [0.15, 0.2) is 18.2 Å². The Morgan fingerprint density at radius 2 is 2.04 bits per heavy atom. The van der Waals surface area contributed by atoms with Crippen LogP contribution in [0.4, 0.5) is 5.69 Å². The molecule has 1 saturated heterocycles. The molecule has 0 bridgehead atoms. The molecule has 2 rings (SSSR count). The number of anilines is 1. The lowest BCUT2D eigenvalue weighted by Crippen LogP contribution is -2.43. The molecule has 130 valence electrons. The molecule has 0 saturated carbocycles. The number of benzene rings is 1. The van der Waals surface area contributed by atoms with E-state index < -0.39 is 10.0 Å². The zero-order valence-electron chi connectivity index (χ0n) is 14.1. The van der Waals surface area contributed by atoms with Crippen molar-refractivity contribution in [3.63, 3.8) is 0 Å². The molecule has 1 aromatic rings. The molecule has 1 aliphatic rings. The Morgan fingerprint density at radius 3 is 2.58 bits per heavy atom. The quantitative estimate of drug-likeness (QED) is 0.796. The topological polar surface area (TPSA) is 90.3 Å². The third kappa shape index (κ3) is 4.34. The molecular formula is C17H23N3O3S. The summed E-state index contributed by atoms with van der Waals surface area (Å²) in [6.07, 6.45) is 1.97. The first-order valence-electron chi connectivity index (χ1n) is 8.17. The predicted molar refractivity (Wildman–Crippen MR) is 93.5 cm³/mol. The number of carbonyl (C=O) groups excluding carboxylic acids is 1. The fraction of sp³-hybridized carbons (Fsp3) is 0.529. The third-order valence-electron chi connectivity index (χ3n) is 4.22. The van der Waals surface area contributed by atoms with Crippen molar-refractivity contribution in [2.45, 2.75) is 39.2 Å². The van der Waals surface area contributed by atoms with Crippen LogP contribution in [-0.2, 0) is 10.0 Å². The lowest BCUT2D eigenvalue weighted by atomic mass is 10.0. The van der Waals surface area contributed by atoms with Gasteiger partial charge in [-0.1, -0.05) is 6.92 Å². The molecule has 0 unspecified atom stereocenters. The molecule has 0 aliphatic carbocycles. The van der Waals surface area contributed by atoms with E-state index in [0.717, 1.165) is 0 Å². The number of hydrogen-bond donors (Lipinski definition) is 1. The number of Topliss-reactive ketones (excluding diaryl/α,β-unsaturated/α-hetero) is 1. The summed E-state index contributed by atoms with van der Waals surface area (Å²) in [5, 5.41) is 12.5. The summed E-state index contributed by atoms with van der Waals surface area (Å²) in [6.45, 7) is 4.31. The van der Waals surface area contributed by atoms with Crippen LogP contribution in [0.25, 0.3) is 0 Å². The fourth-order valence-corrected chi connectivity index (χ4v) is 4.41. The summed E-state index contributed by atoms with van der Waals surface area (Å²) in [7, 11) is -3.15. The van der Waals surface area contributed by atoms with Crippen LogP contribution < -0.4 is 5.32 Å². The Hall–Kier alpha value is -1.91. The Labute approximate surface area is 143 Å². The summed E-state index contributed by atoms with van der Waals surface area (Å²) in [4.78, 5) is 11.5. The Bertz CT molecular complexity index is 745. The monoisotopic (exact) mass is 349 g/mol. The van der Waals surface area contributed by atoms with Gasteiger partial charge in [0.15, 0.2) is 5.78 Å². The van der Waals surface area contributed by atoms with Gasteiger partial charge in [-0.15, -0.1) is 0 Å². The predicted octanol–water partition coefficient (Wildman–Crippen LogP) is 2.38. The molecule has 0 atom stereocenters. The number of piperidine rings is 1. The molecular weight excluding hydrogens is 326 g/mol. The molecule has 0 radical (unpaired) electrons. The SMILES string of the molecule is CCCS(=O)(=O)N1CCC(Nc2cc(C(C)=O)ccc2C#N)CC1. The lowest BCUT2D eigenvalue weighted by Gasteiger charge is -2.32. The normalized spacial score (nSPS) is 16.5. The second kappa shape index (κ2) is 7.77. The number of sulfonamides is 1. The second-order valence-corrected chi connectivity index (χ2v) is 8.15. The standard InChI is InChI=1S/C17H23N3O3S/c1-3-10-24(22,23)20-8-6-16(7-9-20)19-17-11-14(13(2)21)4-5-15(17)12-18/h4-5,11,16,19H,3,6-10H2,1-2H3. The summed E-state index contributed by atoms with van der Waals surface area (Å²) in [5.41, 5.74) is 1.68. The summed E-state index contributed by atoms with van der Waals surface area (Å²) in [6, 6.07) is 7.19. The number of nitrogens with one attached hydrogen (secondary N) is 1. The second-order valence-electron chi connectivity index (χ2n) is 6.06. The van der Waals surface area contributed by atoms with E-state index in [1.54, 1.807) is 22.5 Å². The average molecular weight is 349 g/mol. The van der Waals surface area contributed by atoms with Gasteiger partial charge < -0.3 is 5.32 Å². The maximum absolute atomic E-state index is 12.1. The fourth-order valence-electron chi connectivity index (χ4n) is 2.87. The smallest absolute Gasteiger partial charge is 0.214 e. The van der Waals surface area contributed by atoms with Crippen molar-refractivity contribution in [3.8, 4) is 6.07 Å². The van der Waals surface area contributed by atoms with Gasteiger partial charge in [0.2, 0.25) is 10.0 Å². The molecule has 1 heterocycles. The first-order chi connectivity index (χ1) is 11.4. The van der Waals surface area contributed by atoms with Crippen LogP contribution in [-0.4, -0.2) is 43.4 Å². The Morgan fingerprint density at radius 1 is 1.38 bits per heavy atom. The number of nitriles is 1. The molecule has 0 amide bonds. The molecule has 1 fully saturated rings. The van der Waals surface area contributed by atoms with Crippen LogP contribution >= 0.6 is 0 Å². The van der Waals surface area contributed by atoms with Crippen LogP contribution in [0, 0.1) is 11.3 Å². The number of carbonyl (C=O) groups is 1. The number of nitrogens with zero attached hydrogens (tertiary/aromatic N) is 2. The first-order valence-corrected chi connectivity index (χ1v) is 9.77. The highest BCUT2D eigenvalue weighted by Gasteiger charge is 2.27. The highest BCUT2D eigenvalue weighted by Crippen LogP contribution is 2.23. The number of hydrogen-bond acceptors (Lipinski definition) is 5. The van der Waals surface area contributed by atoms with Crippen molar-refractivity contribution in [2.24, 2.45) is 0 Å². The van der Waals surface area contributed by atoms with Gasteiger partial charge in [0.05, 0.1) is 17.0 Å². The number of ketones is 1. The molecule has 24 heavy (non-hydrogen) atoms.